The first kappa shape index (κ1) is 20.4. The number of likely N-dealkylation sites (tertiary alicyclic amines) is 1. The Labute approximate surface area is 193 Å². The van der Waals surface area contributed by atoms with Crippen LogP contribution in [0.25, 0.3) is 21.1 Å². The Morgan fingerprint density at radius 1 is 1.13 bits per heavy atom. The Morgan fingerprint density at radius 2 is 1.94 bits per heavy atom. The molecule has 1 fully saturated rings. The summed E-state index contributed by atoms with van der Waals surface area (Å²) in [5.74, 6) is 0.607. The summed E-state index contributed by atoms with van der Waals surface area (Å²) in [7, 11) is 0. The minimum Gasteiger partial charge on any atom is -0.360 e. The minimum atomic E-state index is -0.0843. The van der Waals surface area contributed by atoms with E-state index in [1.165, 1.54) is 6.33 Å². The first-order valence-corrected chi connectivity index (χ1v) is 11.6. The number of anilines is 1. The first-order chi connectivity index (χ1) is 15.0. The molecule has 1 amide bonds. The molecule has 1 saturated heterocycles. The number of fused-ring (bicyclic) bond motifs is 2. The van der Waals surface area contributed by atoms with Crippen molar-refractivity contribution < 1.29 is 4.79 Å². The minimum absolute atomic E-state index is 0.0426. The zero-order valence-electron chi connectivity index (χ0n) is 16.7. The topological polar surface area (TPSA) is 71.0 Å². The van der Waals surface area contributed by atoms with Crippen LogP contribution < -0.4 is 5.32 Å². The highest BCUT2D eigenvalue weighted by molar-refractivity contribution is 7.18. The van der Waals surface area contributed by atoms with E-state index in [2.05, 4.69) is 15.3 Å². The van der Waals surface area contributed by atoms with Crippen LogP contribution in [0.1, 0.15) is 41.2 Å². The number of nitrogens with one attached hydrogen (secondary N) is 1. The van der Waals surface area contributed by atoms with Gasteiger partial charge in [-0.1, -0.05) is 23.2 Å². The van der Waals surface area contributed by atoms with Gasteiger partial charge < -0.3 is 10.2 Å². The highest BCUT2D eigenvalue weighted by Crippen LogP contribution is 2.33. The highest BCUT2D eigenvalue weighted by atomic mass is 35.5. The molecular weight excluding hydrogens is 453 g/mol. The molecule has 3 heterocycles. The summed E-state index contributed by atoms with van der Waals surface area (Å²) in [5, 5.41) is 6.18. The standard InChI is InChI=1S/C22H19Cl2N5OS/c1-12(21-28-18-8-13(23)4-5-19(18)31-21)27-20-15-9-16(24)14(10-17(15)25-11-26-20)22(30)29-6-2-3-7-29/h4-5,8-12H,2-3,6-7H2,1H3,(H,25,26,27). The Balaban J connectivity index is 1.46. The summed E-state index contributed by atoms with van der Waals surface area (Å²) in [6, 6.07) is 9.15. The van der Waals surface area contributed by atoms with Crippen LogP contribution in [0, 0.1) is 0 Å². The number of nitrogens with zero attached hydrogens (tertiary/aromatic N) is 4. The molecule has 2 aromatic carbocycles. The van der Waals surface area contributed by atoms with Gasteiger partial charge in [-0.3, -0.25) is 4.79 Å². The predicted molar refractivity (Wildman–Crippen MR) is 126 cm³/mol. The van der Waals surface area contributed by atoms with Gasteiger partial charge in [0, 0.05) is 23.5 Å². The van der Waals surface area contributed by atoms with Gasteiger partial charge in [-0.15, -0.1) is 11.3 Å². The van der Waals surface area contributed by atoms with Crippen LogP contribution in [-0.2, 0) is 0 Å². The van der Waals surface area contributed by atoms with E-state index in [0.717, 1.165) is 46.5 Å². The molecule has 0 bridgehead atoms. The number of carbonyl (C=O) groups is 1. The molecule has 1 N–H and O–H groups in total. The van der Waals surface area contributed by atoms with Crippen molar-refractivity contribution in [3.05, 3.63) is 57.3 Å². The van der Waals surface area contributed by atoms with Crippen molar-refractivity contribution in [2.75, 3.05) is 18.4 Å². The van der Waals surface area contributed by atoms with Crippen LogP contribution >= 0.6 is 34.5 Å². The van der Waals surface area contributed by atoms with Gasteiger partial charge in [-0.2, -0.15) is 0 Å². The molecule has 4 aromatic rings. The fourth-order valence-electron chi connectivity index (χ4n) is 3.82. The predicted octanol–water partition coefficient (Wildman–Crippen LogP) is 5.96. The number of hydrogen-bond donors (Lipinski definition) is 1. The van der Waals surface area contributed by atoms with Crippen LogP contribution in [0.5, 0.6) is 0 Å². The molecule has 158 valence electrons. The lowest BCUT2D eigenvalue weighted by Crippen LogP contribution is -2.27. The lowest BCUT2D eigenvalue weighted by Gasteiger charge is -2.17. The quantitative estimate of drug-likeness (QED) is 0.397. The molecule has 1 atom stereocenters. The van der Waals surface area contributed by atoms with Crippen molar-refractivity contribution >= 4 is 67.4 Å². The van der Waals surface area contributed by atoms with Crippen molar-refractivity contribution in [2.45, 2.75) is 25.8 Å². The van der Waals surface area contributed by atoms with E-state index in [9.17, 15) is 4.79 Å². The molecule has 9 heteroatoms. The van der Waals surface area contributed by atoms with Crippen molar-refractivity contribution in [1.82, 2.24) is 19.9 Å². The summed E-state index contributed by atoms with van der Waals surface area (Å²) in [6.07, 6.45) is 3.56. The second-order valence-electron chi connectivity index (χ2n) is 7.60. The first-order valence-electron chi connectivity index (χ1n) is 10.1. The molecule has 6 nitrogen and oxygen atoms in total. The third-order valence-corrected chi connectivity index (χ3v) is 7.20. The summed E-state index contributed by atoms with van der Waals surface area (Å²) < 4.78 is 1.08. The maximum absolute atomic E-state index is 12.8. The fourth-order valence-corrected chi connectivity index (χ4v) is 5.18. The number of amides is 1. The number of thiazole rings is 1. The molecule has 1 unspecified atom stereocenters. The van der Waals surface area contributed by atoms with Crippen molar-refractivity contribution in [1.29, 1.82) is 0 Å². The van der Waals surface area contributed by atoms with Crippen molar-refractivity contribution in [3.63, 3.8) is 0 Å². The van der Waals surface area contributed by atoms with Gasteiger partial charge in [0.25, 0.3) is 5.91 Å². The van der Waals surface area contributed by atoms with Crippen LogP contribution in [0.15, 0.2) is 36.7 Å². The third-order valence-electron chi connectivity index (χ3n) is 5.44. The van der Waals surface area contributed by atoms with Crippen LogP contribution in [0.2, 0.25) is 10.0 Å². The largest absolute Gasteiger partial charge is 0.360 e. The summed E-state index contributed by atoms with van der Waals surface area (Å²) in [4.78, 5) is 28.2. The Morgan fingerprint density at radius 3 is 2.74 bits per heavy atom. The van der Waals surface area contributed by atoms with Gasteiger partial charge >= 0.3 is 0 Å². The third kappa shape index (κ3) is 3.93. The number of hydrogen-bond acceptors (Lipinski definition) is 6. The molecule has 1 aliphatic rings. The number of halogens is 2. The van der Waals surface area contributed by atoms with Crippen molar-refractivity contribution in [2.24, 2.45) is 0 Å². The highest BCUT2D eigenvalue weighted by Gasteiger charge is 2.23. The number of benzene rings is 2. The van der Waals surface area contributed by atoms with E-state index in [4.69, 9.17) is 28.2 Å². The average Bonchev–Trinajstić information content (AvgIpc) is 3.43. The number of carbonyl (C=O) groups excluding carboxylic acids is 1. The van der Waals surface area contributed by atoms with Gasteiger partial charge in [-0.05, 0) is 50.1 Å². The van der Waals surface area contributed by atoms with E-state index < -0.39 is 0 Å². The lowest BCUT2D eigenvalue weighted by molar-refractivity contribution is 0.0793. The van der Waals surface area contributed by atoms with Gasteiger partial charge in [0.15, 0.2) is 0 Å². The fraction of sp³-hybridized carbons (Fsp3) is 0.273. The van der Waals surface area contributed by atoms with E-state index >= 15 is 0 Å². The van der Waals surface area contributed by atoms with Crippen molar-refractivity contribution in [3.8, 4) is 0 Å². The summed E-state index contributed by atoms with van der Waals surface area (Å²) >= 11 is 14.2. The zero-order valence-corrected chi connectivity index (χ0v) is 19.1. The maximum Gasteiger partial charge on any atom is 0.255 e. The second-order valence-corrected chi connectivity index (χ2v) is 9.51. The Bertz CT molecular complexity index is 1300. The van der Waals surface area contributed by atoms with E-state index in [1.54, 1.807) is 23.5 Å². The lowest BCUT2D eigenvalue weighted by atomic mass is 10.1. The van der Waals surface area contributed by atoms with E-state index in [1.807, 2.05) is 30.0 Å². The average molecular weight is 472 g/mol. The Kier molecular flexibility index (Phi) is 5.42. The maximum atomic E-state index is 12.8. The number of aromatic nitrogens is 3. The normalized spacial score (nSPS) is 15.0. The van der Waals surface area contributed by atoms with Crippen LogP contribution in [0.4, 0.5) is 5.82 Å². The summed E-state index contributed by atoms with van der Waals surface area (Å²) in [5.41, 5.74) is 2.03. The zero-order chi connectivity index (χ0) is 21.5. The Hall–Kier alpha value is -2.48. The number of rotatable bonds is 4. The van der Waals surface area contributed by atoms with E-state index in [0.29, 0.717) is 26.9 Å². The second kappa shape index (κ2) is 8.22. The molecule has 0 aliphatic carbocycles. The van der Waals surface area contributed by atoms with Gasteiger partial charge in [-0.25, -0.2) is 15.0 Å². The molecule has 0 radical (unpaired) electrons. The SMILES string of the molecule is CC(Nc1ncnc2cc(C(=O)N3CCCC3)c(Cl)cc12)c1nc2cc(Cl)ccc2s1. The monoisotopic (exact) mass is 471 g/mol. The van der Waals surface area contributed by atoms with Gasteiger partial charge in [0.1, 0.15) is 17.2 Å². The van der Waals surface area contributed by atoms with Gasteiger partial charge in [0.2, 0.25) is 0 Å². The molecule has 31 heavy (non-hydrogen) atoms. The summed E-state index contributed by atoms with van der Waals surface area (Å²) in [6.45, 7) is 3.57. The smallest absolute Gasteiger partial charge is 0.255 e. The van der Waals surface area contributed by atoms with Crippen LogP contribution in [-0.4, -0.2) is 38.8 Å². The van der Waals surface area contributed by atoms with E-state index in [-0.39, 0.29) is 11.9 Å². The molecule has 1 aliphatic heterocycles. The molecule has 0 saturated carbocycles. The van der Waals surface area contributed by atoms with Gasteiger partial charge in [0.05, 0.1) is 32.4 Å². The molecule has 2 aromatic heterocycles. The molecule has 0 spiro atoms. The molecule has 5 rings (SSSR count). The molecular formula is C22H19Cl2N5OS. The van der Waals surface area contributed by atoms with Crippen LogP contribution in [0.3, 0.4) is 0 Å².